The third kappa shape index (κ3) is 6.81. The minimum absolute atomic E-state index is 0.726. The third-order valence-corrected chi connectivity index (χ3v) is 3.14. The normalized spacial score (nSPS) is 17.8. The number of ether oxygens (including phenoxy) is 1. The Morgan fingerprint density at radius 2 is 1.89 bits per heavy atom. The molecule has 0 aromatic heterocycles. The summed E-state index contributed by atoms with van der Waals surface area (Å²) in [7, 11) is 1.80. The summed E-state index contributed by atoms with van der Waals surface area (Å²) in [5.74, 6) is 0.867. The number of nitrogens with one attached hydrogen (secondary N) is 2. The van der Waals surface area contributed by atoms with Crippen molar-refractivity contribution in [3.05, 3.63) is 0 Å². The van der Waals surface area contributed by atoms with Crippen LogP contribution in [0.3, 0.4) is 0 Å². The average Bonchev–Trinajstić information content (AvgIpc) is 2.42. The van der Waals surface area contributed by atoms with E-state index in [0.29, 0.717) is 0 Å². The molecule has 1 fully saturated rings. The highest BCUT2D eigenvalue weighted by molar-refractivity contribution is 5.79. The van der Waals surface area contributed by atoms with Crippen molar-refractivity contribution in [3.63, 3.8) is 0 Å². The highest BCUT2D eigenvalue weighted by Crippen LogP contribution is 2.07. The molecule has 1 aliphatic rings. The first kappa shape index (κ1) is 15.2. The Hall–Kier alpha value is -0.810. The van der Waals surface area contributed by atoms with Crippen LogP contribution in [0.15, 0.2) is 4.99 Å². The molecule has 0 aliphatic carbocycles. The van der Waals surface area contributed by atoms with E-state index in [-0.39, 0.29) is 0 Å². The number of guanidine groups is 1. The summed E-state index contributed by atoms with van der Waals surface area (Å²) < 4.78 is 5.27. The van der Waals surface area contributed by atoms with E-state index in [1.165, 1.54) is 32.4 Å². The van der Waals surface area contributed by atoms with Crippen LogP contribution in [0, 0.1) is 0 Å². The van der Waals surface area contributed by atoms with E-state index in [2.05, 4.69) is 20.5 Å². The van der Waals surface area contributed by atoms with Gasteiger partial charge in [-0.15, -0.1) is 0 Å². The van der Waals surface area contributed by atoms with Crippen LogP contribution in [0.5, 0.6) is 0 Å². The predicted octanol–water partition coefficient (Wildman–Crippen LogP) is 0.674. The lowest BCUT2D eigenvalue weighted by atomic mass is 10.1. The van der Waals surface area contributed by atoms with Gasteiger partial charge in [0.15, 0.2) is 5.96 Å². The molecular formula is C13H28N4O. The fraction of sp³-hybridized carbons (Fsp3) is 0.923. The van der Waals surface area contributed by atoms with Gasteiger partial charge in [-0.1, -0.05) is 6.42 Å². The summed E-state index contributed by atoms with van der Waals surface area (Å²) in [4.78, 5) is 6.71. The summed E-state index contributed by atoms with van der Waals surface area (Å²) in [5, 5.41) is 6.57. The molecule has 5 heteroatoms. The van der Waals surface area contributed by atoms with Gasteiger partial charge in [-0.2, -0.15) is 0 Å². The molecule has 0 spiro atoms. The molecule has 106 valence electrons. The molecule has 0 radical (unpaired) electrons. The van der Waals surface area contributed by atoms with Gasteiger partial charge >= 0.3 is 0 Å². The second-order valence-electron chi connectivity index (χ2n) is 4.52. The molecule has 0 atom stereocenters. The zero-order valence-corrected chi connectivity index (χ0v) is 11.9. The molecule has 1 heterocycles. The third-order valence-electron chi connectivity index (χ3n) is 3.14. The smallest absolute Gasteiger partial charge is 0.191 e. The van der Waals surface area contributed by atoms with Crippen LogP contribution >= 0.6 is 0 Å². The Morgan fingerprint density at radius 3 is 2.56 bits per heavy atom. The molecule has 1 saturated heterocycles. The zero-order valence-electron chi connectivity index (χ0n) is 11.9. The van der Waals surface area contributed by atoms with Crippen LogP contribution in [-0.4, -0.2) is 63.8 Å². The number of nitrogens with zero attached hydrogens (tertiary/aromatic N) is 2. The van der Waals surface area contributed by atoms with E-state index < -0.39 is 0 Å². The van der Waals surface area contributed by atoms with Crippen molar-refractivity contribution < 1.29 is 4.74 Å². The molecule has 0 aromatic carbocycles. The average molecular weight is 256 g/mol. The standard InChI is InChI=1S/C13H28N4O/c1-3-18-12-8-16-13(14-2)15-7-11-17-9-5-4-6-10-17/h3-12H2,1-2H3,(H2,14,15,16). The first-order chi connectivity index (χ1) is 8.86. The van der Waals surface area contributed by atoms with Crippen molar-refractivity contribution in [2.45, 2.75) is 26.2 Å². The van der Waals surface area contributed by atoms with Gasteiger partial charge in [0.2, 0.25) is 0 Å². The molecule has 5 nitrogen and oxygen atoms in total. The number of likely N-dealkylation sites (tertiary alicyclic amines) is 1. The number of rotatable bonds is 7. The van der Waals surface area contributed by atoms with E-state index in [1.807, 2.05) is 6.92 Å². The first-order valence-corrected chi connectivity index (χ1v) is 7.11. The molecule has 0 saturated carbocycles. The summed E-state index contributed by atoms with van der Waals surface area (Å²) in [6, 6.07) is 0. The minimum atomic E-state index is 0.726. The maximum atomic E-state index is 5.27. The van der Waals surface area contributed by atoms with Crippen LogP contribution in [0.2, 0.25) is 0 Å². The molecule has 0 aromatic rings. The number of aliphatic imine (C=N–C) groups is 1. The van der Waals surface area contributed by atoms with Crippen molar-refractivity contribution in [1.82, 2.24) is 15.5 Å². The topological polar surface area (TPSA) is 48.9 Å². The predicted molar refractivity (Wildman–Crippen MR) is 76.1 cm³/mol. The van der Waals surface area contributed by atoms with E-state index in [4.69, 9.17) is 4.74 Å². The van der Waals surface area contributed by atoms with Crippen LogP contribution in [0.1, 0.15) is 26.2 Å². The number of hydrogen-bond donors (Lipinski definition) is 2. The Bertz CT molecular complexity index is 227. The zero-order chi connectivity index (χ0) is 13.1. The molecule has 0 amide bonds. The van der Waals surface area contributed by atoms with Crippen molar-refractivity contribution in [2.24, 2.45) is 4.99 Å². The lowest BCUT2D eigenvalue weighted by Gasteiger charge is -2.26. The minimum Gasteiger partial charge on any atom is -0.380 e. The quantitative estimate of drug-likeness (QED) is 0.399. The lowest BCUT2D eigenvalue weighted by Crippen LogP contribution is -2.43. The van der Waals surface area contributed by atoms with Crippen molar-refractivity contribution in [1.29, 1.82) is 0 Å². The van der Waals surface area contributed by atoms with Crippen molar-refractivity contribution in [2.75, 3.05) is 53.0 Å². The fourth-order valence-electron chi connectivity index (χ4n) is 2.12. The molecule has 18 heavy (non-hydrogen) atoms. The van der Waals surface area contributed by atoms with Gasteiger partial charge in [0.05, 0.1) is 6.61 Å². The van der Waals surface area contributed by atoms with Crippen molar-refractivity contribution >= 4 is 5.96 Å². The SMILES string of the molecule is CCOCCNC(=NC)NCCN1CCCCC1. The van der Waals surface area contributed by atoms with Gasteiger partial charge < -0.3 is 20.3 Å². The Morgan fingerprint density at radius 1 is 1.17 bits per heavy atom. The summed E-state index contributed by atoms with van der Waals surface area (Å²) in [6.45, 7) is 8.85. The van der Waals surface area contributed by atoms with Gasteiger partial charge in [-0.05, 0) is 32.9 Å². The molecule has 1 aliphatic heterocycles. The van der Waals surface area contributed by atoms with Gasteiger partial charge in [0, 0.05) is 33.3 Å². The van der Waals surface area contributed by atoms with Crippen molar-refractivity contribution in [3.8, 4) is 0 Å². The van der Waals surface area contributed by atoms with E-state index in [1.54, 1.807) is 7.05 Å². The summed E-state index contributed by atoms with van der Waals surface area (Å²) >= 11 is 0. The summed E-state index contributed by atoms with van der Waals surface area (Å²) in [5.41, 5.74) is 0. The maximum Gasteiger partial charge on any atom is 0.191 e. The molecule has 0 unspecified atom stereocenters. The first-order valence-electron chi connectivity index (χ1n) is 7.11. The van der Waals surface area contributed by atoms with Crippen LogP contribution in [0.4, 0.5) is 0 Å². The number of piperidine rings is 1. The Labute approximate surface area is 111 Å². The Kier molecular flexibility index (Phi) is 8.59. The molecule has 0 bridgehead atoms. The fourth-order valence-corrected chi connectivity index (χ4v) is 2.12. The monoisotopic (exact) mass is 256 g/mol. The van der Waals surface area contributed by atoms with Gasteiger partial charge in [0.1, 0.15) is 0 Å². The molecule has 2 N–H and O–H groups in total. The highest BCUT2D eigenvalue weighted by Gasteiger charge is 2.09. The van der Waals surface area contributed by atoms with E-state index in [9.17, 15) is 0 Å². The molecular weight excluding hydrogens is 228 g/mol. The van der Waals surface area contributed by atoms with Gasteiger partial charge in [-0.25, -0.2) is 0 Å². The van der Waals surface area contributed by atoms with Crippen LogP contribution in [0.25, 0.3) is 0 Å². The van der Waals surface area contributed by atoms with E-state index in [0.717, 1.165) is 38.8 Å². The molecule has 1 rings (SSSR count). The lowest BCUT2D eigenvalue weighted by molar-refractivity contribution is 0.152. The number of hydrogen-bond acceptors (Lipinski definition) is 3. The second kappa shape index (κ2) is 10.1. The van der Waals surface area contributed by atoms with E-state index >= 15 is 0 Å². The highest BCUT2D eigenvalue weighted by atomic mass is 16.5. The second-order valence-corrected chi connectivity index (χ2v) is 4.52. The Balaban J connectivity index is 2.04. The van der Waals surface area contributed by atoms with Crippen LogP contribution in [-0.2, 0) is 4.74 Å². The maximum absolute atomic E-state index is 5.27. The van der Waals surface area contributed by atoms with Gasteiger partial charge in [-0.3, -0.25) is 4.99 Å². The largest absolute Gasteiger partial charge is 0.380 e. The van der Waals surface area contributed by atoms with Gasteiger partial charge in [0.25, 0.3) is 0 Å². The summed E-state index contributed by atoms with van der Waals surface area (Å²) in [6.07, 6.45) is 4.09. The van der Waals surface area contributed by atoms with Crippen LogP contribution < -0.4 is 10.6 Å².